The van der Waals surface area contributed by atoms with Crippen molar-refractivity contribution in [2.75, 3.05) is 0 Å². The van der Waals surface area contributed by atoms with E-state index < -0.39 is 0 Å². The highest BCUT2D eigenvalue weighted by Gasteiger charge is 2.22. The molecule has 5 heteroatoms. The van der Waals surface area contributed by atoms with E-state index in [1.54, 1.807) is 11.8 Å². The lowest BCUT2D eigenvalue weighted by atomic mass is 10.1. The van der Waals surface area contributed by atoms with Gasteiger partial charge in [-0.15, -0.1) is 0 Å². The predicted molar refractivity (Wildman–Crippen MR) is 73.9 cm³/mol. The molecule has 0 radical (unpaired) electrons. The number of aryl methyl sites for hydroxylation is 1. The lowest BCUT2D eigenvalue weighted by Crippen LogP contribution is -2.33. The monoisotopic (exact) mass is 269 g/mol. The molecule has 3 rings (SSSR count). The van der Waals surface area contributed by atoms with Crippen LogP contribution in [-0.2, 0) is 24.4 Å². The third kappa shape index (κ3) is 2.34. The maximum absolute atomic E-state index is 12.3. The summed E-state index contributed by atoms with van der Waals surface area (Å²) in [5.41, 5.74) is 2.82. The summed E-state index contributed by atoms with van der Waals surface area (Å²) in [5, 5.41) is 0. The first kappa shape index (κ1) is 12.6. The van der Waals surface area contributed by atoms with Crippen molar-refractivity contribution in [3.8, 4) is 0 Å². The van der Waals surface area contributed by atoms with Crippen LogP contribution in [0.2, 0.25) is 0 Å². The predicted octanol–water partition coefficient (Wildman–Crippen LogP) is 1.09. The fraction of sp³-hybridized carbons (Fsp3) is 0.267. The van der Waals surface area contributed by atoms with Gasteiger partial charge in [-0.25, -0.2) is 4.98 Å². The largest absolute Gasteiger partial charge is 0.332 e. The van der Waals surface area contributed by atoms with Crippen LogP contribution in [0.3, 0.4) is 0 Å². The molecular formula is C15H15N3O2. The van der Waals surface area contributed by atoms with Crippen molar-refractivity contribution in [2.45, 2.75) is 26.6 Å². The van der Waals surface area contributed by atoms with E-state index in [9.17, 15) is 9.59 Å². The van der Waals surface area contributed by atoms with Gasteiger partial charge in [0, 0.05) is 24.8 Å². The van der Waals surface area contributed by atoms with E-state index in [1.807, 2.05) is 24.3 Å². The van der Waals surface area contributed by atoms with Gasteiger partial charge >= 0.3 is 0 Å². The molecule has 1 aromatic carbocycles. The molecule has 0 unspecified atom stereocenters. The Morgan fingerprint density at radius 1 is 1.25 bits per heavy atom. The van der Waals surface area contributed by atoms with Crippen LogP contribution in [0.4, 0.5) is 0 Å². The summed E-state index contributed by atoms with van der Waals surface area (Å²) in [7, 11) is 0. The summed E-state index contributed by atoms with van der Waals surface area (Å²) in [6.07, 6.45) is 1.43. The van der Waals surface area contributed by atoms with Crippen LogP contribution in [0.25, 0.3) is 0 Å². The summed E-state index contributed by atoms with van der Waals surface area (Å²) in [6.45, 7) is 3.02. The zero-order chi connectivity index (χ0) is 14.1. The first-order valence-corrected chi connectivity index (χ1v) is 6.51. The molecule has 0 fully saturated rings. The minimum Gasteiger partial charge on any atom is -0.332 e. The molecule has 20 heavy (non-hydrogen) atoms. The van der Waals surface area contributed by atoms with E-state index in [1.165, 1.54) is 28.1 Å². The number of hydrogen-bond donors (Lipinski definition) is 0. The van der Waals surface area contributed by atoms with Crippen molar-refractivity contribution < 1.29 is 4.79 Å². The van der Waals surface area contributed by atoms with Crippen molar-refractivity contribution >= 4 is 5.91 Å². The maximum atomic E-state index is 12.3. The lowest BCUT2D eigenvalue weighted by Gasteiger charge is -2.16. The molecule has 0 atom stereocenters. The molecule has 2 heterocycles. The number of amides is 1. The number of nitrogens with zero attached hydrogens (tertiary/aromatic N) is 3. The van der Waals surface area contributed by atoms with Gasteiger partial charge in [-0.1, -0.05) is 24.3 Å². The van der Waals surface area contributed by atoms with Crippen LogP contribution < -0.4 is 5.56 Å². The van der Waals surface area contributed by atoms with Crippen LogP contribution in [-0.4, -0.2) is 20.4 Å². The molecule has 1 aliphatic heterocycles. The Balaban J connectivity index is 1.74. The number of fused-ring (bicyclic) bond motifs is 1. The van der Waals surface area contributed by atoms with E-state index in [2.05, 4.69) is 4.98 Å². The average Bonchev–Trinajstić information content (AvgIpc) is 2.86. The molecule has 0 saturated carbocycles. The van der Waals surface area contributed by atoms with E-state index in [0.717, 1.165) is 0 Å². The second-order valence-electron chi connectivity index (χ2n) is 5.01. The van der Waals surface area contributed by atoms with Crippen LogP contribution in [0, 0.1) is 6.92 Å². The highest BCUT2D eigenvalue weighted by Crippen LogP contribution is 2.22. The lowest BCUT2D eigenvalue weighted by molar-refractivity contribution is -0.132. The molecule has 1 aromatic heterocycles. The number of rotatable bonds is 2. The molecule has 1 aliphatic rings. The average molecular weight is 269 g/mol. The Labute approximate surface area is 116 Å². The molecule has 0 spiro atoms. The van der Waals surface area contributed by atoms with Crippen LogP contribution in [0.1, 0.15) is 16.8 Å². The number of hydrogen-bond acceptors (Lipinski definition) is 3. The topological polar surface area (TPSA) is 55.2 Å². The minimum absolute atomic E-state index is 0.0418. The molecular weight excluding hydrogens is 254 g/mol. The van der Waals surface area contributed by atoms with Crippen LogP contribution >= 0.6 is 0 Å². The van der Waals surface area contributed by atoms with Crippen molar-refractivity contribution in [3.05, 3.63) is 63.8 Å². The Morgan fingerprint density at radius 2 is 1.90 bits per heavy atom. The number of carbonyl (C=O) groups is 1. The number of benzene rings is 1. The van der Waals surface area contributed by atoms with Gasteiger partial charge in [0.1, 0.15) is 6.54 Å². The molecule has 5 nitrogen and oxygen atoms in total. The van der Waals surface area contributed by atoms with Crippen molar-refractivity contribution in [2.24, 2.45) is 0 Å². The molecule has 0 saturated heterocycles. The zero-order valence-electron chi connectivity index (χ0n) is 11.2. The first-order chi connectivity index (χ1) is 9.63. The quantitative estimate of drug-likeness (QED) is 0.820. The van der Waals surface area contributed by atoms with Crippen molar-refractivity contribution in [1.82, 2.24) is 14.5 Å². The number of carbonyl (C=O) groups excluding carboxylic acids is 1. The second-order valence-corrected chi connectivity index (χ2v) is 5.01. The second kappa shape index (κ2) is 4.92. The van der Waals surface area contributed by atoms with Crippen molar-refractivity contribution in [3.63, 3.8) is 0 Å². The normalized spacial score (nSPS) is 13.3. The molecule has 0 bridgehead atoms. The standard InChI is InChI=1S/C15H15N3O2/c1-11-6-14(19)18(10-16-11)9-15(20)17-7-12-4-2-3-5-13(12)8-17/h2-6,10H,7-9H2,1H3. The van der Waals surface area contributed by atoms with Crippen LogP contribution in [0.15, 0.2) is 41.5 Å². The number of aromatic nitrogens is 2. The summed E-state index contributed by atoms with van der Waals surface area (Å²) >= 11 is 0. The highest BCUT2D eigenvalue weighted by molar-refractivity contribution is 5.76. The first-order valence-electron chi connectivity index (χ1n) is 6.51. The molecule has 0 aliphatic carbocycles. The van der Waals surface area contributed by atoms with Gasteiger partial charge in [0.25, 0.3) is 5.56 Å². The van der Waals surface area contributed by atoms with Gasteiger partial charge in [-0.3, -0.25) is 14.2 Å². The van der Waals surface area contributed by atoms with Gasteiger partial charge in [0.15, 0.2) is 0 Å². The van der Waals surface area contributed by atoms with Crippen LogP contribution in [0.5, 0.6) is 0 Å². The van der Waals surface area contributed by atoms with E-state index in [0.29, 0.717) is 18.8 Å². The van der Waals surface area contributed by atoms with Gasteiger partial charge in [0.2, 0.25) is 5.91 Å². The zero-order valence-corrected chi connectivity index (χ0v) is 11.2. The van der Waals surface area contributed by atoms with Gasteiger partial charge < -0.3 is 4.90 Å². The summed E-state index contributed by atoms with van der Waals surface area (Å²) < 4.78 is 1.35. The Hall–Kier alpha value is -2.43. The Kier molecular flexibility index (Phi) is 3.10. The summed E-state index contributed by atoms with van der Waals surface area (Å²) in [5.74, 6) is -0.0612. The van der Waals surface area contributed by atoms with Crippen molar-refractivity contribution in [1.29, 1.82) is 0 Å². The third-order valence-electron chi connectivity index (χ3n) is 3.52. The maximum Gasteiger partial charge on any atom is 0.253 e. The highest BCUT2D eigenvalue weighted by atomic mass is 16.2. The van der Waals surface area contributed by atoms with E-state index in [4.69, 9.17) is 0 Å². The SMILES string of the molecule is Cc1cc(=O)n(CC(=O)N2Cc3ccccc3C2)cn1. The van der Waals surface area contributed by atoms with Gasteiger partial charge in [0.05, 0.1) is 6.33 Å². The fourth-order valence-corrected chi connectivity index (χ4v) is 2.39. The Morgan fingerprint density at radius 3 is 2.50 bits per heavy atom. The molecule has 102 valence electrons. The minimum atomic E-state index is -0.192. The van der Waals surface area contributed by atoms with E-state index in [-0.39, 0.29) is 18.0 Å². The fourth-order valence-electron chi connectivity index (χ4n) is 2.39. The summed E-state index contributed by atoms with van der Waals surface area (Å²) in [6, 6.07) is 9.44. The Bertz CT molecular complexity index is 696. The molecule has 2 aromatic rings. The molecule has 0 N–H and O–H groups in total. The smallest absolute Gasteiger partial charge is 0.253 e. The summed E-state index contributed by atoms with van der Waals surface area (Å²) in [4.78, 5) is 29.8. The molecule has 1 amide bonds. The van der Waals surface area contributed by atoms with Gasteiger partial charge in [-0.2, -0.15) is 0 Å². The van der Waals surface area contributed by atoms with Gasteiger partial charge in [-0.05, 0) is 18.1 Å². The van der Waals surface area contributed by atoms with E-state index >= 15 is 0 Å². The third-order valence-corrected chi connectivity index (χ3v) is 3.52.